The highest BCUT2D eigenvalue weighted by molar-refractivity contribution is 6.01. The third kappa shape index (κ3) is 6.57. The second-order valence-corrected chi connectivity index (χ2v) is 9.08. The van der Waals surface area contributed by atoms with Crippen molar-refractivity contribution >= 4 is 17.5 Å². The Kier molecular flexibility index (Phi) is 9.76. The molecule has 1 aliphatic rings. The van der Waals surface area contributed by atoms with Crippen LogP contribution in [0.5, 0.6) is 5.75 Å². The lowest BCUT2D eigenvalue weighted by atomic mass is 9.80. The van der Waals surface area contributed by atoms with Gasteiger partial charge in [0, 0.05) is 47.6 Å². The van der Waals surface area contributed by atoms with Gasteiger partial charge in [-0.2, -0.15) is 0 Å². The van der Waals surface area contributed by atoms with E-state index in [0.29, 0.717) is 46.7 Å². The second-order valence-electron chi connectivity index (χ2n) is 9.08. The summed E-state index contributed by atoms with van der Waals surface area (Å²) in [5.74, 6) is 0.362. The first-order valence-electron chi connectivity index (χ1n) is 12.9. The smallest absolute Gasteiger partial charge is 0.266 e. The lowest BCUT2D eigenvalue weighted by Crippen LogP contribution is -2.53. The van der Waals surface area contributed by atoms with E-state index in [-0.39, 0.29) is 25.5 Å². The van der Waals surface area contributed by atoms with Crippen molar-refractivity contribution in [1.82, 2.24) is 10.9 Å². The molecular weight excluding hydrogens is 526 g/mol. The average molecular weight is 556 g/mol. The third-order valence-electron chi connectivity index (χ3n) is 6.51. The molecule has 0 bridgehead atoms. The quantitative estimate of drug-likeness (QED) is 0.0882. The molecule has 13 nitrogen and oxygen atoms in total. The van der Waals surface area contributed by atoms with Crippen molar-refractivity contribution < 1.29 is 19.4 Å². The van der Waals surface area contributed by atoms with E-state index in [0.717, 1.165) is 0 Å². The molecule has 41 heavy (non-hydrogen) atoms. The third-order valence-corrected chi connectivity index (χ3v) is 6.51. The number of rotatable bonds is 13. The van der Waals surface area contributed by atoms with E-state index in [4.69, 9.17) is 30.6 Å². The van der Waals surface area contributed by atoms with Crippen molar-refractivity contribution in [3.8, 4) is 5.75 Å². The number of ether oxygens (including phenoxy) is 2. The number of aliphatic imine (C=N–C) groups is 1. The molecule has 3 aromatic rings. The lowest BCUT2D eigenvalue weighted by molar-refractivity contribution is -0.129. The number of azide groups is 2. The zero-order chi connectivity index (χ0) is 29.1. The Hall–Kier alpha value is -5.06. The number of nitrogens with zero attached hydrogens (tertiary/aromatic N) is 7. The number of hydrogen-bond acceptors (Lipinski definition) is 8. The van der Waals surface area contributed by atoms with Gasteiger partial charge < -0.3 is 14.6 Å². The minimum Gasteiger partial charge on any atom is -0.494 e. The van der Waals surface area contributed by atoms with E-state index in [9.17, 15) is 4.79 Å². The Morgan fingerprint density at radius 3 is 2.51 bits per heavy atom. The fraction of sp³-hybridized carbons (Fsp3) is 0.286. The highest BCUT2D eigenvalue weighted by Crippen LogP contribution is 2.44. The molecule has 4 rings (SSSR count). The van der Waals surface area contributed by atoms with Crippen LogP contribution in [0.1, 0.15) is 34.8 Å². The van der Waals surface area contributed by atoms with Crippen molar-refractivity contribution in [2.75, 3.05) is 20.3 Å². The lowest BCUT2D eigenvalue weighted by Gasteiger charge is -2.32. The average Bonchev–Trinajstić information content (AvgIpc) is 3.38. The predicted octanol–water partition coefficient (Wildman–Crippen LogP) is 4.95. The first-order valence-corrected chi connectivity index (χ1v) is 12.9. The normalized spacial score (nSPS) is 17.4. The van der Waals surface area contributed by atoms with Crippen molar-refractivity contribution in [2.24, 2.45) is 15.2 Å². The molecule has 0 radical (unpaired) electrons. The number of carbonyl (C=O) groups is 1. The van der Waals surface area contributed by atoms with E-state index in [1.807, 2.05) is 18.2 Å². The highest BCUT2D eigenvalue weighted by atomic mass is 16.5. The number of aliphatic hydroxyl groups excluding tert-OH is 1. The standard InChI is InChI=1S/C28H29N9O4/c1-31-35-27(39)28(17-20-7-3-5-10-24(20)34-37-30)25(23-9-4-2-8-21(23)18-32-36-29)41-26(33-28)19-11-13-22(14-12-19)40-16-6-15-38/h2-5,7-14,25,31,38H,6,15-18H2,1H3,(H,35,39)/t25-,28-/m0/s1. The van der Waals surface area contributed by atoms with Crippen LogP contribution >= 0.6 is 0 Å². The minimum absolute atomic E-state index is 0.0298. The summed E-state index contributed by atoms with van der Waals surface area (Å²) in [5, 5.41) is 16.6. The van der Waals surface area contributed by atoms with Crippen LogP contribution in [-0.2, 0) is 22.5 Å². The molecular formula is C28H29N9O4. The van der Waals surface area contributed by atoms with Crippen molar-refractivity contribution in [2.45, 2.75) is 31.0 Å². The molecule has 3 aromatic carbocycles. The zero-order valence-electron chi connectivity index (χ0n) is 22.3. The monoisotopic (exact) mass is 555 g/mol. The molecule has 1 heterocycles. The zero-order valence-corrected chi connectivity index (χ0v) is 22.3. The van der Waals surface area contributed by atoms with Gasteiger partial charge in [-0.15, -0.1) is 0 Å². The Morgan fingerprint density at radius 2 is 1.80 bits per heavy atom. The van der Waals surface area contributed by atoms with E-state index in [1.54, 1.807) is 61.6 Å². The molecule has 0 aromatic heterocycles. The molecule has 13 heteroatoms. The Morgan fingerprint density at radius 1 is 1.07 bits per heavy atom. The maximum absolute atomic E-state index is 13.9. The predicted molar refractivity (Wildman–Crippen MR) is 152 cm³/mol. The topological polar surface area (TPSA) is 190 Å². The number of nitrogens with one attached hydrogen (secondary N) is 2. The van der Waals surface area contributed by atoms with Crippen molar-refractivity contribution in [3.63, 3.8) is 0 Å². The van der Waals surface area contributed by atoms with Crippen LogP contribution in [0.3, 0.4) is 0 Å². The number of carbonyl (C=O) groups excluding carboxylic acids is 1. The first kappa shape index (κ1) is 28.9. The fourth-order valence-electron chi connectivity index (χ4n) is 4.62. The molecule has 0 saturated heterocycles. The molecule has 3 N–H and O–H groups in total. The van der Waals surface area contributed by atoms with Crippen LogP contribution in [0, 0.1) is 0 Å². The van der Waals surface area contributed by atoms with Gasteiger partial charge in [0.15, 0.2) is 11.6 Å². The van der Waals surface area contributed by atoms with E-state index >= 15 is 0 Å². The summed E-state index contributed by atoms with van der Waals surface area (Å²) < 4.78 is 12.1. The summed E-state index contributed by atoms with van der Waals surface area (Å²) >= 11 is 0. The summed E-state index contributed by atoms with van der Waals surface area (Å²) in [6.07, 6.45) is -0.396. The largest absolute Gasteiger partial charge is 0.494 e. The van der Waals surface area contributed by atoms with Crippen molar-refractivity contribution in [3.05, 3.63) is 116 Å². The Balaban J connectivity index is 1.86. The molecule has 0 saturated carbocycles. The number of amides is 1. The molecule has 0 spiro atoms. The van der Waals surface area contributed by atoms with Gasteiger partial charge in [-0.1, -0.05) is 58.8 Å². The molecule has 0 unspecified atom stereocenters. The summed E-state index contributed by atoms with van der Waals surface area (Å²) in [5.41, 5.74) is 24.8. The summed E-state index contributed by atoms with van der Waals surface area (Å²) in [6.45, 7) is 0.445. The first-order chi connectivity index (χ1) is 20.1. The summed E-state index contributed by atoms with van der Waals surface area (Å²) in [7, 11) is 1.57. The number of hydrogen-bond donors (Lipinski definition) is 3. The van der Waals surface area contributed by atoms with Gasteiger partial charge in [0.25, 0.3) is 5.91 Å². The highest BCUT2D eigenvalue weighted by Gasteiger charge is 2.54. The van der Waals surface area contributed by atoms with Gasteiger partial charge in [0.05, 0.1) is 13.2 Å². The Bertz CT molecular complexity index is 1500. The van der Waals surface area contributed by atoms with Gasteiger partial charge in [-0.05, 0) is 52.0 Å². The minimum atomic E-state index is -1.55. The van der Waals surface area contributed by atoms with Gasteiger partial charge >= 0.3 is 0 Å². The molecule has 1 aliphatic heterocycles. The maximum Gasteiger partial charge on any atom is 0.266 e. The van der Waals surface area contributed by atoms with E-state index in [2.05, 4.69) is 30.9 Å². The van der Waals surface area contributed by atoms with Gasteiger partial charge in [-0.25, -0.2) is 10.4 Å². The maximum atomic E-state index is 13.9. The Labute approximate surface area is 236 Å². The molecule has 2 atom stereocenters. The number of aliphatic hydroxyl groups is 1. The van der Waals surface area contributed by atoms with Gasteiger partial charge in [0.1, 0.15) is 5.75 Å². The summed E-state index contributed by atoms with van der Waals surface area (Å²) in [4.78, 5) is 24.7. The second kappa shape index (κ2) is 13.8. The van der Waals surface area contributed by atoms with Crippen molar-refractivity contribution in [1.29, 1.82) is 0 Å². The molecule has 0 aliphatic carbocycles. The molecule has 210 valence electrons. The van der Waals surface area contributed by atoms with Gasteiger partial charge in [0.2, 0.25) is 5.90 Å². The molecule has 0 fully saturated rings. The SMILES string of the molecule is CNNC(=O)[C@@]1(Cc2ccccc2N=[N+]=[N-])N=C(c2ccc(OCCCO)cc2)O[C@H]1c1ccccc1CN=[N+]=[N-]. The van der Waals surface area contributed by atoms with Crippen LogP contribution in [-0.4, -0.2) is 42.7 Å². The number of hydrazine groups is 1. The number of benzene rings is 3. The van der Waals surface area contributed by atoms with Crippen LogP contribution in [0.15, 0.2) is 88.0 Å². The van der Waals surface area contributed by atoms with E-state index in [1.165, 1.54) is 0 Å². The van der Waals surface area contributed by atoms with Crippen LogP contribution in [0.4, 0.5) is 5.69 Å². The fourth-order valence-corrected chi connectivity index (χ4v) is 4.62. The van der Waals surface area contributed by atoms with E-state index < -0.39 is 17.6 Å². The van der Waals surface area contributed by atoms with Crippen LogP contribution in [0.2, 0.25) is 0 Å². The van der Waals surface area contributed by atoms with Gasteiger partial charge in [-0.3, -0.25) is 10.2 Å². The summed E-state index contributed by atoms with van der Waals surface area (Å²) in [6, 6.07) is 21.3. The molecule has 1 amide bonds. The van der Waals surface area contributed by atoms with Crippen LogP contribution in [0.25, 0.3) is 20.9 Å². The van der Waals surface area contributed by atoms with Crippen LogP contribution < -0.4 is 15.6 Å².